The van der Waals surface area contributed by atoms with E-state index in [9.17, 15) is 18.4 Å². The van der Waals surface area contributed by atoms with Crippen LogP contribution < -0.4 is 26.0 Å². The van der Waals surface area contributed by atoms with Crippen molar-refractivity contribution in [3.63, 3.8) is 0 Å². The van der Waals surface area contributed by atoms with E-state index in [0.29, 0.717) is 48.6 Å². The number of carbonyl (C=O) groups excluding carboxylic acids is 1. The standard InChI is InChI=1S/C29H32F2N8O3/c1-6-25(40)33-19-15-20(23(42-5)16-21(19)37(4)13-12-36(2)3)34-28-32-10-9-24(35-28)39-22-14-18(30)26(31)17-8-7-11-38(27(17)22)29(39)41/h6,9-10,14-16H,1,7-8,11-13H2,2-5H3,(H,33,40)(H,32,34,35). The molecule has 2 N–H and O–H groups in total. The third-order valence-electron chi connectivity index (χ3n) is 7.18. The fraction of sp³-hybridized carbons (Fsp3) is 0.310. The molecule has 0 saturated carbocycles. The summed E-state index contributed by atoms with van der Waals surface area (Å²) >= 11 is 0. The molecule has 0 radical (unpaired) electrons. The number of imidazole rings is 1. The summed E-state index contributed by atoms with van der Waals surface area (Å²) in [5.41, 5.74) is 2.02. The van der Waals surface area contributed by atoms with Gasteiger partial charge in [-0.05, 0) is 39.1 Å². The number of nitrogens with one attached hydrogen (secondary N) is 2. The predicted molar refractivity (Wildman–Crippen MR) is 158 cm³/mol. The molecule has 42 heavy (non-hydrogen) atoms. The zero-order valence-corrected chi connectivity index (χ0v) is 23.9. The Labute approximate surface area is 241 Å². The van der Waals surface area contributed by atoms with Crippen molar-refractivity contribution in [2.24, 2.45) is 0 Å². The maximum absolute atomic E-state index is 14.6. The van der Waals surface area contributed by atoms with Crippen molar-refractivity contribution in [2.45, 2.75) is 19.4 Å². The van der Waals surface area contributed by atoms with Crippen molar-refractivity contribution in [3.8, 4) is 11.6 Å². The first kappa shape index (κ1) is 28.7. The number of rotatable bonds is 10. The molecule has 0 atom stereocenters. The molecule has 3 heterocycles. The summed E-state index contributed by atoms with van der Waals surface area (Å²) in [4.78, 5) is 38.5. The Kier molecular flexibility index (Phi) is 7.94. The van der Waals surface area contributed by atoms with Crippen LogP contribution in [0, 0.1) is 11.6 Å². The van der Waals surface area contributed by atoms with Gasteiger partial charge in [-0.1, -0.05) is 6.58 Å². The van der Waals surface area contributed by atoms with Crippen molar-refractivity contribution < 1.29 is 18.3 Å². The molecule has 1 amide bonds. The number of likely N-dealkylation sites (N-methyl/N-ethyl adjacent to an activating group) is 2. The number of amides is 1. The molecule has 1 aliphatic heterocycles. The lowest BCUT2D eigenvalue weighted by Crippen LogP contribution is -2.29. The highest BCUT2D eigenvalue weighted by Crippen LogP contribution is 2.38. The molecule has 13 heteroatoms. The molecule has 0 bridgehead atoms. The first-order valence-electron chi connectivity index (χ1n) is 13.4. The molecule has 0 unspecified atom stereocenters. The van der Waals surface area contributed by atoms with Gasteiger partial charge in [0.1, 0.15) is 11.6 Å². The summed E-state index contributed by atoms with van der Waals surface area (Å²) in [6.07, 6.45) is 3.49. The largest absolute Gasteiger partial charge is 0.494 e. The van der Waals surface area contributed by atoms with Gasteiger partial charge < -0.3 is 25.2 Å². The van der Waals surface area contributed by atoms with Gasteiger partial charge in [0.05, 0.1) is 35.2 Å². The van der Waals surface area contributed by atoms with E-state index in [2.05, 4.69) is 32.1 Å². The number of aromatic nitrogens is 4. The number of hydrogen-bond donors (Lipinski definition) is 2. The minimum atomic E-state index is -1.02. The van der Waals surface area contributed by atoms with E-state index in [1.54, 1.807) is 12.1 Å². The van der Waals surface area contributed by atoms with Crippen molar-refractivity contribution >= 4 is 40.0 Å². The van der Waals surface area contributed by atoms with E-state index in [1.165, 1.54) is 34.6 Å². The molecule has 1 aliphatic rings. The van der Waals surface area contributed by atoms with Gasteiger partial charge in [0.25, 0.3) is 0 Å². The maximum Gasteiger partial charge on any atom is 0.334 e. The Bertz CT molecular complexity index is 1750. The quantitative estimate of drug-likeness (QED) is 0.275. The third kappa shape index (κ3) is 5.30. The highest BCUT2D eigenvalue weighted by Gasteiger charge is 2.26. The van der Waals surface area contributed by atoms with E-state index in [4.69, 9.17) is 4.74 Å². The SMILES string of the molecule is C=CC(=O)Nc1cc(Nc2nccc(-n3c(=O)n4c5c(c(F)c(F)cc53)CCC4)n2)c(OC)cc1N(C)CCN(C)C. The normalized spacial score (nSPS) is 12.5. The minimum Gasteiger partial charge on any atom is -0.494 e. The van der Waals surface area contributed by atoms with Crippen LogP contribution in [-0.4, -0.2) is 71.3 Å². The lowest BCUT2D eigenvalue weighted by Gasteiger charge is -2.26. The number of anilines is 4. The number of ether oxygens (including phenoxy) is 1. The van der Waals surface area contributed by atoms with Gasteiger partial charge in [-0.3, -0.25) is 9.36 Å². The Balaban J connectivity index is 1.56. The van der Waals surface area contributed by atoms with Crippen LogP contribution in [0.25, 0.3) is 16.9 Å². The number of hydrogen-bond acceptors (Lipinski definition) is 8. The topological polar surface area (TPSA) is 110 Å². The number of aryl methyl sites for hydroxylation is 2. The number of carbonyl (C=O) groups is 1. The minimum absolute atomic E-state index is 0.117. The van der Waals surface area contributed by atoms with E-state index in [0.717, 1.165) is 18.3 Å². The highest BCUT2D eigenvalue weighted by atomic mass is 19.2. The third-order valence-corrected chi connectivity index (χ3v) is 7.18. The zero-order valence-electron chi connectivity index (χ0n) is 23.9. The van der Waals surface area contributed by atoms with Crippen LogP contribution >= 0.6 is 0 Å². The molecule has 2 aromatic carbocycles. The lowest BCUT2D eigenvalue weighted by atomic mass is 10.0. The van der Waals surface area contributed by atoms with E-state index < -0.39 is 17.3 Å². The van der Waals surface area contributed by atoms with Crippen LogP contribution in [0.1, 0.15) is 12.0 Å². The second-order valence-electron chi connectivity index (χ2n) is 10.2. The van der Waals surface area contributed by atoms with Gasteiger partial charge in [-0.25, -0.2) is 23.1 Å². The van der Waals surface area contributed by atoms with Gasteiger partial charge in [0, 0.05) is 56.6 Å². The second kappa shape index (κ2) is 11.6. The molecular formula is C29H32F2N8O3. The van der Waals surface area contributed by atoms with Crippen molar-refractivity contribution in [3.05, 3.63) is 70.8 Å². The Morgan fingerprint density at radius 2 is 1.98 bits per heavy atom. The Hall–Kier alpha value is -4.78. The summed E-state index contributed by atoms with van der Waals surface area (Å²) in [5, 5.41) is 5.95. The molecular weight excluding hydrogens is 546 g/mol. The van der Waals surface area contributed by atoms with Crippen LogP contribution in [0.4, 0.5) is 31.8 Å². The van der Waals surface area contributed by atoms with Crippen molar-refractivity contribution in [1.82, 2.24) is 24.0 Å². The van der Waals surface area contributed by atoms with E-state index >= 15 is 0 Å². The van der Waals surface area contributed by atoms with Crippen LogP contribution in [0.5, 0.6) is 5.75 Å². The molecule has 0 aliphatic carbocycles. The summed E-state index contributed by atoms with van der Waals surface area (Å²) in [6.45, 7) is 5.39. The van der Waals surface area contributed by atoms with Crippen molar-refractivity contribution in [2.75, 3.05) is 56.9 Å². The summed E-state index contributed by atoms with van der Waals surface area (Å²) in [7, 11) is 7.38. The highest BCUT2D eigenvalue weighted by molar-refractivity contribution is 6.02. The number of methoxy groups -OCH3 is 1. The zero-order chi connectivity index (χ0) is 30.1. The second-order valence-corrected chi connectivity index (χ2v) is 10.2. The predicted octanol–water partition coefficient (Wildman–Crippen LogP) is 3.68. The average Bonchev–Trinajstić information content (AvgIpc) is 3.26. The lowest BCUT2D eigenvalue weighted by molar-refractivity contribution is -0.111. The smallest absolute Gasteiger partial charge is 0.334 e. The van der Waals surface area contributed by atoms with Crippen LogP contribution in [0.2, 0.25) is 0 Å². The Morgan fingerprint density at radius 3 is 2.69 bits per heavy atom. The molecule has 220 valence electrons. The molecule has 0 spiro atoms. The van der Waals surface area contributed by atoms with E-state index in [-0.39, 0.29) is 28.8 Å². The number of halogens is 2. The summed E-state index contributed by atoms with van der Waals surface area (Å²) in [5.74, 6) is -1.59. The average molecular weight is 579 g/mol. The van der Waals surface area contributed by atoms with Crippen LogP contribution in [-0.2, 0) is 17.8 Å². The first-order chi connectivity index (χ1) is 20.1. The number of benzene rings is 2. The maximum atomic E-state index is 14.6. The monoisotopic (exact) mass is 578 g/mol. The van der Waals surface area contributed by atoms with Gasteiger partial charge in [0.2, 0.25) is 11.9 Å². The molecule has 4 aromatic rings. The molecule has 0 fully saturated rings. The van der Waals surface area contributed by atoms with E-state index in [1.807, 2.05) is 26.0 Å². The molecule has 2 aromatic heterocycles. The number of nitrogens with zero attached hydrogens (tertiary/aromatic N) is 6. The molecule has 0 saturated heterocycles. The molecule has 11 nitrogen and oxygen atoms in total. The van der Waals surface area contributed by atoms with Crippen LogP contribution in [0.3, 0.4) is 0 Å². The first-order valence-corrected chi connectivity index (χ1v) is 13.4. The summed E-state index contributed by atoms with van der Waals surface area (Å²) < 4.78 is 37.5. The van der Waals surface area contributed by atoms with Crippen LogP contribution in [0.15, 0.2) is 47.9 Å². The van der Waals surface area contributed by atoms with Crippen molar-refractivity contribution in [1.29, 1.82) is 0 Å². The van der Waals surface area contributed by atoms with Gasteiger partial charge in [-0.2, -0.15) is 4.98 Å². The Morgan fingerprint density at radius 1 is 1.19 bits per heavy atom. The van der Waals surface area contributed by atoms with Gasteiger partial charge in [0.15, 0.2) is 11.6 Å². The summed E-state index contributed by atoms with van der Waals surface area (Å²) in [6, 6.07) is 6.02. The van der Waals surface area contributed by atoms with Gasteiger partial charge >= 0.3 is 5.69 Å². The van der Waals surface area contributed by atoms with Gasteiger partial charge in [-0.15, -0.1) is 0 Å². The molecule has 5 rings (SSSR count). The fourth-order valence-electron chi connectivity index (χ4n) is 5.08. The fourth-order valence-corrected chi connectivity index (χ4v) is 5.08.